The van der Waals surface area contributed by atoms with E-state index in [4.69, 9.17) is 11.6 Å². The Morgan fingerprint density at radius 1 is 1.04 bits per heavy atom. The number of nitrogens with one attached hydrogen (secondary N) is 2. The summed E-state index contributed by atoms with van der Waals surface area (Å²) in [5.74, 6) is 0.464. The lowest BCUT2D eigenvalue weighted by molar-refractivity contribution is 0.240. The molecule has 0 radical (unpaired) electrons. The van der Waals surface area contributed by atoms with Crippen molar-refractivity contribution < 1.29 is 4.79 Å². The Kier molecular flexibility index (Phi) is 5.94. The van der Waals surface area contributed by atoms with Gasteiger partial charge in [0.25, 0.3) is 0 Å². The molecule has 1 aromatic heterocycles. The highest BCUT2D eigenvalue weighted by Crippen LogP contribution is 2.25. The molecule has 7 nitrogen and oxygen atoms in total. The molecule has 0 aliphatic rings. The van der Waals surface area contributed by atoms with Crippen LogP contribution in [0.3, 0.4) is 0 Å². The van der Waals surface area contributed by atoms with E-state index in [0.717, 1.165) is 16.7 Å². The van der Waals surface area contributed by atoms with Gasteiger partial charge in [-0.05, 0) is 54.8 Å². The van der Waals surface area contributed by atoms with Crippen molar-refractivity contribution in [3.63, 3.8) is 0 Å². The molecule has 0 aliphatic heterocycles. The highest BCUT2D eigenvalue weighted by molar-refractivity contribution is 6.30. The predicted molar refractivity (Wildman–Crippen MR) is 109 cm³/mol. The van der Waals surface area contributed by atoms with E-state index in [1.807, 2.05) is 69.3 Å². The largest absolute Gasteiger partial charge is 0.334 e. The highest BCUT2D eigenvalue weighted by atomic mass is 35.5. The van der Waals surface area contributed by atoms with Crippen LogP contribution in [0, 0.1) is 0 Å². The summed E-state index contributed by atoms with van der Waals surface area (Å²) in [7, 11) is 0. The van der Waals surface area contributed by atoms with Gasteiger partial charge in [0.1, 0.15) is 0 Å². The number of urea groups is 1. The molecular formula is C20H23ClN6O. The van der Waals surface area contributed by atoms with Crippen molar-refractivity contribution >= 4 is 17.6 Å². The van der Waals surface area contributed by atoms with Gasteiger partial charge in [0.15, 0.2) is 5.82 Å². The lowest BCUT2D eigenvalue weighted by Gasteiger charge is -2.15. The number of tetrazole rings is 1. The van der Waals surface area contributed by atoms with Gasteiger partial charge >= 0.3 is 6.03 Å². The van der Waals surface area contributed by atoms with Crippen LogP contribution in [0.5, 0.6) is 0 Å². The quantitative estimate of drug-likeness (QED) is 0.685. The second-order valence-electron chi connectivity index (χ2n) is 7.37. The topological polar surface area (TPSA) is 84.7 Å². The number of amides is 2. The molecule has 3 aromatic rings. The maximum Gasteiger partial charge on any atom is 0.315 e. The molecule has 28 heavy (non-hydrogen) atoms. The van der Waals surface area contributed by atoms with Crippen LogP contribution in [-0.2, 0) is 18.6 Å². The number of rotatable bonds is 5. The zero-order valence-electron chi connectivity index (χ0n) is 16.1. The van der Waals surface area contributed by atoms with Gasteiger partial charge in [0.05, 0.1) is 12.1 Å². The molecule has 146 valence electrons. The SMILES string of the molecule is CC(C)(C)n1nnc(CNC(=O)NCc2ccccc2-c2ccc(Cl)cc2)n1. The first-order valence-electron chi connectivity index (χ1n) is 8.98. The van der Waals surface area contributed by atoms with Crippen molar-refractivity contribution in [3.05, 3.63) is 64.9 Å². The minimum atomic E-state index is -0.294. The van der Waals surface area contributed by atoms with E-state index >= 15 is 0 Å². The molecule has 2 N–H and O–H groups in total. The summed E-state index contributed by atoms with van der Waals surface area (Å²) >= 11 is 5.97. The summed E-state index contributed by atoms with van der Waals surface area (Å²) < 4.78 is 0. The second kappa shape index (κ2) is 8.39. The first kappa shape index (κ1) is 19.8. The monoisotopic (exact) mass is 398 g/mol. The van der Waals surface area contributed by atoms with E-state index in [-0.39, 0.29) is 18.1 Å². The zero-order chi connectivity index (χ0) is 20.1. The standard InChI is InChI=1S/C20H23ClN6O/c1-20(2,3)27-25-18(24-26-27)13-23-19(28)22-12-15-6-4-5-7-17(15)14-8-10-16(21)11-9-14/h4-11H,12-13H2,1-3H3,(H2,22,23,28). The Morgan fingerprint density at radius 2 is 1.71 bits per heavy atom. The van der Waals surface area contributed by atoms with Crippen molar-refractivity contribution in [1.29, 1.82) is 0 Å². The average Bonchev–Trinajstić information content (AvgIpc) is 3.15. The Balaban J connectivity index is 1.58. The Bertz CT molecular complexity index is 946. The van der Waals surface area contributed by atoms with Crippen molar-refractivity contribution in [3.8, 4) is 11.1 Å². The number of benzene rings is 2. The van der Waals surface area contributed by atoms with Crippen LogP contribution in [0.15, 0.2) is 48.5 Å². The van der Waals surface area contributed by atoms with Gasteiger partial charge in [-0.3, -0.25) is 0 Å². The van der Waals surface area contributed by atoms with E-state index in [1.165, 1.54) is 4.80 Å². The van der Waals surface area contributed by atoms with Crippen LogP contribution in [0.1, 0.15) is 32.2 Å². The van der Waals surface area contributed by atoms with Gasteiger partial charge in [-0.2, -0.15) is 4.80 Å². The summed E-state index contributed by atoms with van der Waals surface area (Å²) in [6.07, 6.45) is 0. The molecule has 0 saturated heterocycles. The van der Waals surface area contributed by atoms with Crippen LogP contribution < -0.4 is 10.6 Å². The fourth-order valence-electron chi connectivity index (χ4n) is 2.58. The Hall–Kier alpha value is -2.93. The van der Waals surface area contributed by atoms with Gasteiger partial charge in [0, 0.05) is 11.6 Å². The molecule has 2 aromatic carbocycles. The van der Waals surface area contributed by atoms with E-state index in [0.29, 0.717) is 17.4 Å². The average molecular weight is 399 g/mol. The highest BCUT2D eigenvalue weighted by Gasteiger charge is 2.17. The van der Waals surface area contributed by atoms with Gasteiger partial charge in [-0.25, -0.2) is 4.79 Å². The molecule has 0 aliphatic carbocycles. The van der Waals surface area contributed by atoms with Crippen LogP contribution in [0.2, 0.25) is 5.02 Å². The van der Waals surface area contributed by atoms with Crippen molar-refractivity contribution in [2.24, 2.45) is 0 Å². The molecule has 1 heterocycles. The molecule has 3 rings (SSSR count). The van der Waals surface area contributed by atoms with Crippen molar-refractivity contribution in [2.75, 3.05) is 0 Å². The van der Waals surface area contributed by atoms with Crippen LogP contribution >= 0.6 is 11.6 Å². The molecule has 2 amide bonds. The van der Waals surface area contributed by atoms with Gasteiger partial charge in [-0.15, -0.1) is 10.2 Å². The molecule has 0 spiro atoms. The number of halogens is 1. The maximum absolute atomic E-state index is 12.2. The summed E-state index contributed by atoms with van der Waals surface area (Å²) in [4.78, 5) is 13.7. The molecule has 0 atom stereocenters. The van der Waals surface area contributed by atoms with Crippen LogP contribution in [0.4, 0.5) is 4.79 Å². The first-order chi connectivity index (χ1) is 13.3. The minimum absolute atomic E-state index is 0.209. The summed E-state index contributed by atoms with van der Waals surface area (Å²) in [6.45, 7) is 6.55. The van der Waals surface area contributed by atoms with Crippen molar-refractivity contribution in [2.45, 2.75) is 39.4 Å². The number of hydrogen-bond donors (Lipinski definition) is 2. The van der Waals surface area contributed by atoms with Crippen LogP contribution in [-0.4, -0.2) is 26.2 Å². The normalized spacial score (nSPS) is 11.3. The molecule has 0 fully saturated rings. The molecule has 0 saturated carbocycles. The van der Waals surface area contributed by atoms with Gasteiger partial charge in [0.2, 0.25) is 0 Å². The summed E-state index contributed by atoms with van der Waals surface area (Å²) in [5.41, 5.74) is 2.86. The maximum atomic E-state index is 12.2. The fourth-order valence-corrected chi connectivity index (χ4v) is 2.71. The number of carbonyl (C=O) groups excluding carboxylic acids is 1. The van der Waals surface area contributed by atoms with E-state index in [2.05, 4.69) is 26.0 Å². The predicted octanol–water partition coefficient (Wildman–Crippen LogP) is 3.75. The van der Waals surface area contributed by atoms with Crippen LogP contribution in [0.25, 0.3) is 11.1 Å². The third kappa shape index (κ3) is 5.07. The number of carbonyl (C=O) groups is 1. The summed E-state index contributed by atoms with van der Waals surface area (Å²) in [5, 5.41) is 18.6. The first-order valence-corrected chi connectivity index (χ1v) is 9.35. The molecular weight excluding hydrogens is 376 g/mol. The lowest BCUT2D eigenvalue weighted by Crippen LogP contribution is -2.35. The van der Waals surface area contributed by atoms with E-state index in [9.17, 15) is 4.79 Å². The van der Waals surface area contributed by atoms with Gasteiger partial charge in [-0.1, -0.05) is 48.0 Å². The molecule has 0 unspecified atom stereocenters. The smallest absolute Gasteiger partial charge is 0.315 e. The Morgan fingerprint density at radius 3 is 2.39 bits per heavy atom. The second-order valence-corrected chi connectivity index (χ2v) is 7.80. The third-order valence-electron chi connectivity index (χ3n) is 4.07. The zero-order valence-corrected chi connectivity index (χ0v) is 16.9. The molecule has 8 heteroatoms. The third-order valence-corrected chi connectivity index (χ3v) is 4.33. The fraction of sp³-hybridized carbons (Fsp3) is 0.300. The number of hydrogen-bond acceptors (Lipinski definition) is 4. The number of nitrogens with zero attached hydrogens (tertiary/aromatic N) is 4. The van der Waals surface area contributed by atoms with Crippen molar-refractivity contribution in [1.82, 2.24) is 30.8 Å². The van der Waals surface area contributed by atoms with E-state index in [1.54, 1.807) is 0 Å². The molecule has 0 bridgehead atoms. The van der Waals surface area contributed by atoms with Gasteiger partial charge < -0.3 is 10.6 Å². The lowest BCUT2D eigenvalue weighted by atomic mass is 10.00. The minimum Gasteiger partial charge on any atom is -0.334 e. The Labute approximate surface area is 169 Å². The number of aromatic nitrogens is 4. The summed E-state index contributed by atoms with van der Waals surface area (Å²) in [6, 6.07) is 15.3. The van der Waals surface area contributed by atoms with E-state index < -0.39 is 0 Å².